The number of carbonyl (C=O) groups excluding carboxylic acids is 2. The summed E-state index contributed by atoms with van der Waals surface area (Å²) >= 11 is 0. The van der Waals surface area contributed by atoms with Gasteiger partial charge in [0.15, 0.2) is 0 Å². The first-order valence-corrected chi connectivity index (χ1v) is 11.8. The molecule has 1 N–H and O–H groups in total. The highest BCUT2D eigenvalue weighted by atomic mass is 19.1. The summed E-state index contributed by atoms with van der Waals surface area (Å²) in [7, 11) is 0. The van der Waals surface area contributed by atoms with Crippen molar-refractivity contribution in [1.82, 2.24) is 4.90 Å². The van der Waals surface area contributed by atoms with Gasteiger partial charge in [0.25, 0.3) is 11.8 Å². The van der Waals surface area contributed by atoms with E-state index in [0.717, 1.165) is 56.8 Å². The summed E-state index contributed by atoms with van der Waals surface area (Å²) in [5.74, 6) is -0.128. The van der Waals surface area contributed by atoms with Gasteiger partial charge in [0.05, 0.1) is 24.1 Å². The van der Waals surface area contributed by atoms with Crippen molar-refractivity contribution < 1.29 is 18.4 Å². The molecule has 2 aromatic carbocycles. The lowest BCUT2D eigenvalue weighted by atomic mass is 10.1. The van der Waals surface area contributed by atoms with Crippen LogP contribution in [0.15, 0.2) is 65.3 Å². The van der Waals surface area contributed by atoms with Crippen LogP contribution >= 0.6 is 0 Å². The number of carbonyl (C=O) groups is 2. The number of benzene rings is 2. The first kappa shape index (κ1) is 23.5. The molecule has 1 aliphatic rings. The topological polar surface area (TPSA) is 65.8 Å². The van der Waals surface area contributed by atoms with E-state index >= 15 is 0 Å². The molecule has 2 heterocycles. The fourth-order valence-electron chi connectivity index (χ4n) is 4.21. The molecule has 0 radical (unpaired) electrons. The van der Waals surface area contributed by atoms with Crippen molar-refractivity contribution in [2.24, 2.45) is 0 Å². The summed E-state index contributed by atoms with van der Waals surface area (Å²) < 4.78 is 19.1. The molecule has 0 unspecified atom stereocenters. The van der Waals surface area contributed by atoms with Gasteiger partial charge in [0.1, 0.15) is 11.6 Å². The van der Waals surface area contributed by atoms with Gasteiger partial charge in [-0.1, -0.05) is 19.4 Å². The third-order valence-corrected chi connectivity index (χ3v) is 6.01. The third kappa shape index (κ3) is 5.65. The average molecular weight is 464 g/mol. The molecule has 34 heavy (non-hydrogen) atoms. The van der Waals surface area contributed by atoms with Crippen LogP contribution in [0.2, 0.25) is 0 Å². The van der Waals surface area contributed by atoms with Crippen molar-refractivity contribution in [2.75, 3.05) is 29.9 Å². The highest BCUT2D eigenvalue weighted by Crippen LogP contribution is 2.29. The van der Waals surface area contributed by atoms with E-state index in [9.17, 15) is 14.0 Å². The number of unbranched alkanes of at least 4 members (excludes halogenated alkanes) is 1. The second kappa shape index (κ2) is 11.0. The lowest BCUT2D eigenvalue weighted by Gasteiger charge is -2.28. The molecule has 1 fully saturated rings. The zero-order chi connectivity index (χ0) is 23.9. The minimum Gasteiger partial charge on any atom is -0.467 e. The van der Waals surface area contributed by atoms with Crippen molar-refractivity contribution in [3.05, 3.63) is 83.6 Å². The third-order valence-electron chi connectivity index (χ3n) is 6.01. The number of halogens is 1. The van der Waals surface area contributed by atoms with Crippen molar-refractivity contribution in [3.8, 4) is 0 Å². The van der Waals surface area contributed by atoms with Gasteiger partial charge in [-0.25, -0.2) is 4.39 Å². The van der Waals surface area contributed by atoms with Crippen molar-refractivity contribution in [1.29, 1.82) is 0 Å². The zero-order valence-corrected chi connectivity index (χ0v) is 19.4. The number of anilines is 2. The molecule has 0 atom stereocenters. The molecule has 1 saturated heterocycles. The molecular weight excluding hydrogens is 433 g/mol. The Bertz CT molecular complexity index is 1120. The summed E-state index contributed by atoms with van der Waals surface area (Å²) in [4.78, 5) is 30.2. The van der Waals surface area contributed by atoms with Gasteiger partial charge in [-0.15, -0.1) is 0 Å². The number of rotatable bonds is 9. The number of nitrogens with one attached hydrogen (secondary N) is 1. The molecule has 6 nitrogen and oxygen atoms in total. The maximum absolute atomic E-state index is 13.6. The standard InChI is InChI=1S/C27H30FN3O3/c1-2-3-13-31(19-23-10-7-16-34-23)25-12-11-22(18-24(25)27(33)30-14-4-5-15-30)29-26(32)20-8-6-9-21(28)17-20/h6-12,16-18H,2-5,13-15,19H2,1H3,(H,29,32). The molecule has 4 rings (SSSR count). The van der Waals surface area contributed by atoms with Gasteiger partial charge in [-0.3, -0.25) is 9.59 Å². The first-order chi connectivity index (χ1) is 16.5. The molecule has 1 aromatic heterocycles. The predicted molar refractivity (Wildman–Crippen MR) is 131 cm³/mol. The summed E-state index contributed by atoms with van der Waals surface area (Å²) in [5.41, 5.74) is 2.07. The van der Waals surface area contributed by atoms with E-state index in [4.69, 9.17) is 4.42 Å². The number of likely N-dealkylation sites (tertiary alicyclic amines) is 1. The molecule has 7 heteroatoms. The normalized spacial score (nSPS) is 13.2. The highest BCUT2D eigenvalue weighted by Gasteiger charge is 2.25. The van der Waals surface area contributed by atoms with E-state index in [1.54, 1.807) is 24.5 Å². The Morgan fingerprint density at radius 3 is 2.62 bits per heavy atom. The molecule has 3 aromatic rings. The number of hydrogen-bond acceptors (Lipinski definition) is 4. The number of amides is 2. The Morgan fingerprint density at radius 1 is 1.09 bits per heavy atom. The molecule has 0 aliphatic carbocycles. The smallest absolute Gasteiger partial charge is 0.256 e. The molecule has 0 bridgehead atoms. The zero-order valence-electron chi connectivity index (χ0n) is 19.4. The number of nitrogens with zero attached hydrogens (tertiary/aromatic N) is 2. The van der Waals surface area contributed by atoms with Crippen LogP contribution in [0.5, 0.6) is 0 Å². The van der Waals surface area contributed by atoms with E-state index in [-0.39, 0.29) is 11.5 Å². The van der Waals surface area contributed by atoms with Crippen LogP contribution in [0.25, 0.3) is 0 Å². The highest BCUT2D eigenvalue weighted by molar-refractivity contribution is 6.06. The van der Waals surface area contributed by atoms with E-state index in [0.29, 0.717) is 17.8 Å². The van der Waals surface area contributed by atoms with Gasteiger partial charge in [-0.2, -0.15) is 0 Å². The minimum absolute atomic E-state index is 0.0460. The summed E-state index contributed by atoms with van der Waals surface area (Å²) in [5, 5.41) is 2.81. The molecule has 0 saturated carbocycles. The van der Waals surface area contributed by atoms with Gasteiger partial charge in [0.2, 0.25) is 0 Å². The molecular formula is C27H30FN3O3. The Balaban J connectivity index is 1.66. The quantitative estimate of drug-likeness (QED) is 0.441. The Morgan fingerprint density at radius 2 is 1.91 bits per heavy atom. The van der Waals surface area contributed by atoms with E-state index < -0.39 is 11.7 Å². The van der Waals surface area contributed by atoms with Crippen LogP contribution in [-0.4, -0.2) is 36.3 Å². The van der Waals surface area contributed by atoms with Crippen LogP contribution in [-0.2, 0) is 6.54 Å². The van der Waals surface area contributed by atoms with Crippen molar-refractivity contribution in [2.45, 2.75) is 39.2 Å². The Hall–Kier alpha value is -3.61. The van der Waals surface area contributed by atoms with Gasteiger partial charge >= 0.3 is 0 Å². The molecule has 0 spiro atoms. The van der Waals surface area contributed by atoms with Gasteiger partial charge in [0, 0.05) is 30.9 Å². The monoisotopic (exact) mass is 463 g/mol. The van der Waals surface area contributed by atoms with Crippen LogP contribution < -0.4 is 10.2 Å². The van der Waals surface area contributed by atoms with Gasteiger partial charge in [-0.05, 0) is 67.8 Å². The fourth-order valence-corrected chi connectivity index (χ4v) is 4.21. The maximum Gasteiger partial charge on any atom is 0.256 e. The average Bonchev–Trinajstić information content (AvgIpc) is 3.56. The first-order valence-electron chi connectivity index (χ1n) is 11.8. The number of hydrogen-bond donors (Lipinski definition) is 1. The maximum atomic E-state index is 13.6. The van der Waals surface area contributed by atoms with E-state index in [1.807, 2.05) is 23.1 Å². The summed E-state index contributed by atoms with van der Waals surface area (Å²) in [6.45, 7) is 4.90. The van der Waals surface area contributed by atoms with Crippen LogP contribution in [0, 0.1) is 5.82 Å². The summed E-state index contributed by atoms with van der Waals surface area (Å²) in [6.07, 6.45) is 5.61. The Kier molecular flexibility index (Phi) is 7.62. The van der Waals surface area contributed by atoms with Crippen molar-refractivity contribution >= 4 is 23.2 Å². The Labute approximate surface area is 199 Å². The van der Waals surface area contributed by atoms with E-state index in [1.165, 1.54) is 18.2 Å². The lowest BCUT2D eigenvalue weighted by molar-refractivity contribution is 0.0793. The molecule has 1 aliphatic heterocycles. The fraction of sp³-hybridized carbons (Fsp3) is 0.333. The molecule has 178 valence electrons. The van der Waals surface area contributed by atoms with Crippen LogP contribution in [0.4, 0.5) is 15.8 Å². The SMILES string of the molecule is CCCCN(Cc1ccco1)c1ccc(NC(=O)c2cccc(F)c2)cc1C(=O)N1CCCC1. The van der Waals surface area contributed by atoms with Crippen molar-refractivity contribution in [3.63, 3.8) is 0 Å². The van der Waals surface area contributed by atoms with Crippen LogP contribution in [0.1, 0.15) is 59.1 Å². The number of furan rings is 1. The largest absolute Gasteiger partial charge is 0.467 e. The lowest BCUT2D eigenvalue weighted by Crippen LogP contribution is -2.31. The summed E-state index contributed by atoms with van der Waals surface area (Å²) in [6, 6.07) is 14.7. The van der Waals surface area contributed by atoms with Gasteiger partial charge < -0.3 is 19.5 Å². The minimum atomic E-state index is -0.475. The second-order valence-electron chi connectivity index (χ2n) is 8.55. The molecule has 2 amide bonds. The predicted octanol–water partition coefficient (Wildman–Crippen LogP) is 5.71. The van der Waals surface area contributed by atoms with Crippen LogP contribution in [0.3, 0.4) is 0 Å². The second-order valence-corrected chi connectivity index (χ2v) is 8.55. The van der Waals surface area contributed by atoms with E-state index in [2.05, 4.69) is 17.1 Å².